The van der Waals surface area contributed by atoms with Crippen LogP contribution < -0.4 is 10.6 Å². The van der Waals surface area contributed by atoms with E-state index in [4.69, 9.17) is 0 Å². The first kappa shape index (κ1) is 16.2. The fourth-order valence-electron chi connectivity index (χ4n) is 1.69. The van der Waals surface area contributed by atoms with E-state index in [2.05, 4.69) is 22.8 Å². The summed E-state index contributed by atoms with van der Waals surface area (Å²) in [6, 6.07) is 8.19. The van der Waals surface area contributed by atoms with Crippen molar-refractivity contribution in [3.05, 3.63) is 35.4 Å². The number of nitrogens with one attached hydrogen (secondary N) is 2. The van der Waals surface area contributed by atoms with Crippen LogP contribution in [0.3, 0.4) is 0 Å². The lowest BCUT2D eigenvalue weighted by Gasteiger charge is -2.08. The van der Waals surface area contributed by atoms with Crippen molar-refractivity contribution in [3.63, 3.8) is 0 Å². The molecule has 0 heterocycles. The molecule has 1 aromatic rings. The predicted molar refractivity (Wildman–Crippen MR) is 80.4 cm³/mol. The van der Waals surface area contributed by atoms with E-state index in [0.717, 1.165) is 6.42 Å². The second kappa shape index (κ2) is 8.35. The zero-order chi connectivity index (χ0) is 15.0. The van der Waals surface area contributed by atoms with Gasteiger partial charge in [-0.2, -0.15) is 0 Å². The Morgan fingerprint density at radius 3 is 2.25 bits per heavy atom. The number of aryl methyl sites for hydroxylation is 2. The minimum absolute atomic E-state index is 0.0129. The van der Waals surface area contributed by atoms with Crippen molar-refractivity contribution in [2.45, 2.75) is 33.6 Å². The number of hydrogen-bond acceptors (Lipinski definition) is 2. The molecular weight excluding hydrogens is 252 g/mol. The largest absolute Gasteiger partial charge is 0.354 e. The molecule has 4 nitrogen and oxygen atoms in total. The van der Waals surface area contributed by atoms with E-state index in [-0.39, 0.29) is 17.7 Å². The molecule has 0 aromatic heterocycles. The first-order valence-electron chi connectivity index (χ1n) is 7.09. The number of hydrogen-bond donors (Lipinski definition) is 2. The van der Waals surface area contributed by atoms with Gasteiger partial charge in [-0.1, -0.05) is 43.7 Å². The topological polar surface area (TPSA) is 58.2 Å². The van der Waals surface area contributed by atoms with E-state index in [1.165, 1.54) is 11.1 Å². The van der Waals surface area contributed by atoms with Crippen molar-refractivity contribution < 1.29 is 9.59 Å². The van der Waals surface area contributed by atoms with Gasteiger partial charge in [0, 0.05) is 25.4 Å². The molecule has 2 amide bonds. The lowest BCUT2D eigenvalue weighted by atomic mass is 10.1. The van der Waals surface area contributed by atoms with Gasteiger partial charge in [0.05, 0.1) is 0 Å². The molecule has 110 valence electrons. The molecule has 0 bridgehead atoms. The molecule has 1 rings (SSSR count). The molecule has 0 unspecified atom stereocenters. The Morgan fingerprint density at radius 2 is 1.65 bits per heavy atom. The zero-order valence-electron chi connectivity index (χ0n) is 12.5. The van der Waals surface area contributed by atoms with Crippen LogP contribution in [0.4, 0.5) is 0 Å². The molecule has 0 saturated carbocycles. The second-order valence-corrected chi connectivity index (χ2v) is 5.28. The Hall–Kier alpha value is -1.84. The molecule has 0 fully saturated rings. The molecule has 0 spiro atoms. The summed E-state index contributed by atoms with van der Waals surface area (Å²) in [6.07, 6.45) is 1.21. The molecular formula is C16H24N2O2. The maximum atomic E-state index is 11.6. The Bertz CT molecular complexity index is 438. The maximum Gasteiger partial charge on any atom is 0.222 e. The highest BCUT2D eigenvalue weighted by Gasteiger charge is 2.06. The molecule has 0 atom stereocenters. The van der Waals surface area contributed by atoms with E-state index in [1.54, 1.807) is 0 Å². The monoisotopic (exact) mass is 276 g/mol. The molecule has 0 radical (unpaired) electrons. The Balaban J connectivity index is 2.14. The fraction of sp³-hybridized carbons (Fsp3) is 0.500. The normalized spacial score (nSPS) is 10.4. The van der Waals surface area contributed by atoms with Crippen molar-refractivity contribution in [2.75, 3.05) is 13.1 Å². The van der Waals surface area contributed by atoms with E-state index in [0.29, 0.717) is 19.5 Å². The third-order valence-corrected chi connectivity index (χ3v) is 3.03. The SMILES string of the molecule is Cc1ccc(CCC(=O)NCCNC(=O)C(C)C)cc1. The summed E-state index contributed by atoms with van der Waals surface area (Å²) in [5.41, 5.74) is 2.39. The predicted octanol–water partition coefficient (Wildman–Crippen LogP) is 1.82. The van der Waals surface area contributed by atoms with E-state index in [9.17, 15) is 9.59 Å². The van der Waals surface area contributed by atoms with E-state index >= 15 is 0 Å². The van der Waals surface area contributed by atoms with Crippen LogP contribution in [0.1, 0.15) is 31.4 Å². The fourth-order valence-corrected chi connectivity index (χ4v) is 1.69. The van der Waals surface area contributed by atoms with Gasteiger partial charge in [-0.25, -0.2) is 0 Å². The molecule has 0 aliphatic heterocycles. The smallest absolute Gasteiger partial charge is 0.222 e. The zero-order valence-corrected chi connectivity index (χ0v) is 12.5. The first-order valence-corrected chi connectivity index (χ1v) is 7.09. The first-order chi connectivity index (χ1) is 9.49. The van der Waals surface area contributed by atoms with Gasteiger partial charge in [0.15, 0.2) is 0 Å². The minimum Gasteiger partial charge on any atom is -0.354 e. The quantitative estimate of drug-likeness (QED) is 0.746. The average molecular weight is 276 g/mol. The molecule has 0 aliphatic rings. The maximum absolute atomic E-state index is 11.6. The molecule has 20 heavy (non-hydrogen) atoms. The number of carbonyl (C=O) groups is 2. The van der Waals surface area contributed by atoms with Crippen LogP contribution in [0.5, 0.6) is 0 Å². The molecule has 2 N–H and O–H groups in total. The summed E-state index contributed by atoms with van der Waals surface area (Å²) in [5, 5.41) is 5.57. The third kappa shape index (κ3) is 6.36. The van der Waals surface area contributed by atoms with Crippen LogP contribution in [0.15, 0.2) is 24.3 Å². The van der Waals surface area contributed by atoms with Crippen molar-refractivity contribution in [2.24, 2.45) is 5.92 Å². The van der Waals surface area contributed by atoms with Gasteiger partial charge >= 0.3 is 0 Å². The van der Waals surface area contributed by atoms with Crippen molar-refractivity contribution in [1.82, 2.24) is 10.6 Å². The summed E-state index contributed by atoms with van der Waals surface area (Å²) >= 11 is 0. The van der Waals surface area contributed by atoms with Gasteiger partial charge in [0.1, 0.15) is 0 Å². The second-order valence-electron chi connectivity index (χ2n) is 5.28. The number of rotatable bonds is 7. The van der Waals surface area contributed by atoms with Crippen molar-refractivity contribution in [3.8, 4) is 0 Å². The van der Waals surface area contributed by atoms with Crippen LogP contribution in [0, 0.1) is 12.8 Å². The Morgan fingerprint density at radius 1 is 1.05 bits per heavy atom. The van der Waals surface area contributed by atoms with Gasteiger partial charge in [-0.15, -0.1) is 0 Å². The standard InChI is InChI=1S/C16H24N2O2/c1-12(2)16(20)18-11-10-17-15(19)9-8-14-6-4-13(3)5-7-14/h4-7,12H,8-11H2,1-3H3,(H,17,19)(H,18,20). The molecule has 1 aromatic carbocycles. The summed E-state index contributed by atoms with van der Waals surface area (Å²) < 4.78 is 0. The third-order valence-electron chi connectivity index (χ3n) is 3.03. The number of benzene rings is 1. The van der Waals surface area contributed by atoms with Crippen LogP contribution in [-0.4, -0.2) is 24.9 Å². The molecule has 0 saturated heterocycles. The highest BCUT2D eigenvalue weighted by molar-refractivity contribution is 5.78. The molecule has 4 heteroatoms. The summed E-state index contributed by atoms with van der Waals surface area (Å²) in [5.74, 6) is 0.00974. The summed E-state index contributed by atoms with van der Waals surface area (Å²) in [7, 11) is 0. The highest BCUT2D eigenvalue weighted by Crippen LogP contribution is 2.05. The van der Waals surface area contributed by atoms with Gasteiger partial charge in [0.2, 0.25) is 11.8 Å². The van der Waals surface area contributed by atoms with E-state index < -0.39 is 0 Å². The summed E-state index contributed by atoms with van der Waals surface area (Å²) in [6.45, 7) is 6.69. The Labute approximate surface area is 121 Å². The lowest BCUT2D eigenvalue weighted by Crippen LogP contribution is -2.36. The van der Waals surface area contributed by atoms with Gasteiger partial charge < -0.3 is 10.6 Å². The van der Waals surface area contributed by atoms with Crippen molar-refractivity contribution in [1.29, 1.82) is 0 Å². The van der Waals surface area contributed by atoms with Gasteiger partial charge in [-0.3, -0.25) is 9.59 Å². The van der Waals surface area contributed by atoms with Crippen molar-refractivity contribution >= 4 is 11.8 Å². The lowest BCUT2D eigenvalue weighted by molar-refractivity contribution is -0.124. The summed E-state index contributed by atoms with van der Waals surface area (Å²) in [4.78, 5) is 22.9. The van der Waals surface area contributed by atoms with E-state index in [1.807, 2.05) is 32.9 Å². The number of amides is 2. The number of carbonyl (C=O) groups excluding carboxylic acids is 2. The minimum atomic E-state index is -0.0211. The van der Waals surface area contributed by atoms with Gasteiger partial charge in [-0.05, 0) is 18.9 Å². The Kier molecular flexibility index (Phi) is 6.77. The van der Waals surface area contributed by atoms with Gasteiger partial charge in [0.25, 0.3) is 0 Å². The van der Waals surface area contributed by atoms with Crippen LogP contribution >= 0.6 is 0 Å². The van der Waals surface area contributed by atoms with Crippen LogP contribution in [-0.2, 0) is 16.0 Å². The van der Waals surface area contributed by atoms with Crippen LogP contribution in [0.25, 0.3) is 0 Å². The average Bonchev–Trinajstić information content (AvgIpc) is 2.42. The molecule has 0 aliphatic carbocycles. The van der Waals surface area contributed by atoms with Crippen LogP contribution in [0.2, 0.25) is 0 Å². The highest BCUT2D eigenvalue weighted by atomic mass is 16.2.